The maximum absolute atomic E-state index is 15.3. The van der Waals surface area contributed by atoms with E-state index in [1.807, 2.05) is 47.2 Å². The number of benzene rings is 6. The van der Waals surface area contributed by atoms with Gasteiger partial charge >= 0.3 is 221 Å². The van der Waals surface area contributed by atoms with E-state index in [0.29, 0.717) is 33.3 Å². The van der Waals surface area contributed by atoms with Gasteiger partial charge in [0.25, 0.3) is 0 Å². The minimum atomic E-state index is -1.94. The molecule has 1 aliphatic rings. The summed E-state index contributed by atoms with van der Waals surface area (Å²) in [6.45, 7) is 21.8. The standard InChI is InChI=1S/C41H37FGeN3O.C19H21FN.Ir/c1-24(2)32-21-28(27-15-17-29(18-16-27)43(5,6)7)22-33(25(3)4)39(32)46-36-14-9-8-13-35(36)45-41(46)31-12-10-11-30-38-34(42)19-26(23-44)20-37(38)47-40(30)31;1-12-10-13(20)11-15-16(12)17-14(8-7-9-21(17)6)18(2,3)19(15,4)5;/h8-11,13-22,24-25H,1-7H3;7-11H,1,6H2,2-5H3;/q2*-1;+3. The number of para-hydroxylation sites is 2. The van der Waals surface area contributed by atoms with E-state index in [9.17, 15) is 9.65 Å². The Morgan fingerprint density at radius 3 is 2.10 bits per heavy atom. The van der Waals surface area contributed by atoms with Crippen molar-refractivity contribution in [1.29, 1.82) is 5.26 Å². The number of nitrogens with zero attached hydrogens (tertiary/aromatic N) is 4. The Balaban J connectivity index is 0.000000244. The summed E-state index contributed by atoms with van der Waals surface area (Å²) in [6.07, 6.45) is 1.93. The smallest absolute Gasteiger partial charge is 0.343 e. The average Bonchev–Trinajstić information content (AvgIpc) is 3.87. The molecule has 0 bridgehead atoms. The Hall–Kier alpha value is -5.98. The molecular formula is C60H58F2GeIrN4O+. The number of aromatic nitrogens is 3. The van der Waals surface area contributed by atoms with Crippen molar-refractivity contribution in [3.63, 3.8) is 0 Å². The molecule has 0 aliphatic heterocycles. The number of nitriles is 1. The van der Waals surface area contributed by atoms with Crippen molar-refractivity contribution in [3.8, 4) is 45.5 Å². The number of fused-ring (bicyclic) bond motifs is 7. The van der Waals surface area contributed by atoms with Gasteiger partial charge in [0.2, 0.25) is 0 Å². The van der Waals surface area contributed by atoms with E-state index in [2.05, 4.69) is 146 Å². The molecule has 0 saturated heterocycles. The van der Waals surface area contributed by atoms with Crippen LogP contribution in [0.3, 0.4) is 0 Å². The minimum absolute atomic E-state index is 0. The first-order chi connectivity index (χ1) is 32.1. The third-order valence-electron chi connectivity index (χ3n) is 14.5. The molecule has 0 atom stereocenters. The second kappa shape index (κ2) is 18.1. The van der Waals surface area contributed by atoms with Gasteiger partial charge in [-0.25, -0.2) is 8.78 Å². The zero-order valence-corrected chi connectivity index (χ0v) is 45.8. The summed E-state index contributed by atoms with van der Waals surface area (Å²) in [5.74, 6) is 7.67. The summed E-state index contributed by atoms with van der Waals surface area (Å²) in [4.78, 5) is 5.18. The quantitative estimate of drug-likeness (QED) is 0.0947. The van der Waals surface area contributed by atoms with Gasteiger partial charge in [0.15, 0.2) is 0 Å². The molecule has 9 aromatic rings. The third kappa shape index (κ3) is 8.31. The molecule has 0 saturated carbocycles. The zero-order valence-electron chi connectivity index (χ0n) is 41.3. The topological polar surface area (TPSA) is 58.6 Å². The third-order valence-corrected chi connectivity index (χ3v) is 18.9. The molecule has 3 aromatic heterocycles. The number of pyridine rings is 1. The van der Waals surface area contributed by atoms with Crippen LogP contribution in [0.15, 0.2) is 120 Å². The van der Waals surface area contributed by atoms with Crippen LogP contribution in [0.25, 0.3) is 72.4 Å². The van der Waals surface area contributed by atoms with E-state index >= 15 is 4.39 Å². The van der Waals surface area contributed by atoms with Crippen LogP contribution < -0.4 is 8.96 Å². The van der Waals surface area contributed by atoms with Gasteiger partial charge in [-0.05, 0) is 34.6 Å². The number of hydrogen-bond acceptors (Lipinski definition) is 3. The Labute approximate surface area is 421 Å². The van der Waals surface area contributed by atoms with Crippen molar-refractivity contribution in [2.75, 3.05) is 0 Å². The van der Waals surface area contributed by atoms with E-state index in [0.717, 1.165) is 39.1 Å². The normalized spacial score (nSPS) is 13.8. The first-order valence-corrected chi connectivity index (χ1v) is 30.7. The maximum atomic E-state index is 15.3. The van der Waals surface area contributed by atoms with Crippen LogP contribution in [0.5, 0.6) is 0 Å². The summed E-state index contributed by atoms with van der Waals surface area (Å²) < 4.78 is 41.3. The molecule has 0 radical (unpaired) electrons. The molecule has 9 heteroatoms. The average molecular weight is 1150 g/mol. The van der Waals surface area contributed by atoms with Gasteiger partial charge in [-0.15, -0.1) is 23.8 Å². The fourth-order valence-corrected chi connectivity index (χ4v) is 12.5. The summed E-state index contributed by atoms with van der Waals surface area (Å²) >= 11 is -1.94. The molecule has 3 heterocycles. The van der Waals surface area contributed by atoms with Gasteiger partial charge in [0.1, 0.15) is 11.4 Å². The van der Waals surface area contributed by atoms with E-state index in [1.165, 1.54) is 44.3 Å². The monoisotopic (exact) mass is 1160 g/mol. The molecule has 0 spiro atoms. The predicted molar refractivity (Wildman–Crippen MR) is 277 cm³/mol. The number of halogens is 2. The van der Waals surface area contributed by atoms with Crippen LogP contribution in [0.2, 0.25) is 17.3 Å². The second-order valence-electron chi connectivity index (χ2n) is 21.0. The molecule has 0 unspecified atom stereocenters. The molecule has 69 heavy (non-hydrogen) atoms. The summed E-state index contributed by atoms with van der Waals surface area (Å²) in [5, 5.41) is 10.5. The van der Waals surface area contributed by atoms with Gasteiger partial charge in [-0.3, -0.25) is 0 Å². The van der Waals surface area contributed by atoms with E-state index in [1.54, 1.807) is 18.2 Å². The van der Waals surface area contributed by atoms with E-state index in [4.69, 9.17) is 9.40 Å². The molecule has 1 aliphatic carbocycles. The molecular weight excluding hydrogens is 1100 g/mol. The largest absolute Gasteiger partial charge is 3.00 e. The van der Waals surface area contributed by atoms with Crippen LogP contribution in [-0.2, 0) is 30.9 Å². The molecule has 6 aromatic carbocycles. The predicted octanol–water partition coefficient (Wildman–Crippen LogP) is 15.0. The summed E-state index contributed by atoms with van der Waals surface area (Å²) in [6, 6.07) is 41.2. The summed E-state index contributed by atoms with van der Waals surface area (Å²) in [7, 11) is 4.10. The van der Waals surface area contributed by atoms with Crippen molar-refractivity contribution in [2.24, 2.45) is 0 Å². The van der Waals surface area contributed by atoms with Gasteiger partial charge in [-0.2, -0.15) is 17.7 Å². The molecule has 5 nitrogen and oxygen atoms in total. The number of furan rings is 1. The minimum Gasteiger partial charge on any atom is -0.343 e. The van der Waals surface area contributed by atoms with Crippen molar-refractivity contribution >= 4 is 50.6 Å². The number of imidazole rings is 1. The van der Waals surface area contributed by atoms with Crippen molar-refractivity contribution in [3.05, 3.63) is 180 Å². The van der Waals surface area contributed by atoms with Crippen molar-refractivity contribution in [1.82, 2.24) is 9.55 Å². The molecule has 0 N–H and O–H groups in total. The van der Waals surface area contributed by atoms with Gasteiger partial charge in [-0.1, -0.05) is 56.8 Å². The van der Waals surface area contributed by atoms with Gasteiger partial charge in [0.05, 0.1) is 29.3 Å². The van der Waals surface area contributed by atoms with Crippen LogP contribution >= 0.6 is 0 Å². The van der Waals surface area contributed by atoms with E-state index in [-0.39, 0.29) is 54.2 Å². The molecule has 350 valence electrons. The van der Waals surface area contributed by atoms with Crippen LogP contribution in [-0.4, -0.2) is 22.8 Å². The van der Waals surface area contributed by atoms with E-state index < -0.39 is 19.1 Å². The van der Waals surface area contributed by atoms with Gasteiger partial charge < -0.3 is 8.98 Å². The Morgan fingerprint density at radius 2 is 1.46 bits per heavy atom. The molecule has 10 rings (SSSR count). The van der Waals surface area contributed by atoms with Crippen LogP contribution in [0.4, 0.5) is 8.78 Å². The Kier molecular flexibility index (Phi) is 13.0. The second-order valence-corrected chi connectivity index (χ2v) is 31.7. The zero-order chi connectivity index (χ0) is 48.8. The van der Waals surface area contributed by atoms with Crippen LogP contribution in [0, 0.1) is 43.0 Å². The van der Waals surface area contributed by atoms with Crippen molar-refractivity contribution < 1.29 is 37.9 Å². The Morgan fingerprint density at radius 1 is 0.812 bits per heavy atom. The number of rotatable bonds is 6. The Bertz CT molecular complexity index is 3480. The first-order valence-electron chi connectivity index (χ1n) is 23.4. The van der Waals surface area contributed by atoms with Crippen molar-refractivity contribution in [2.45, 2.75) is 95.3 Å². The van der Waals surface area contributed by atoms with Gasteiger partial charge in [0, 0.05) is 12.4 Å². The fraction of sp³-hybridized carbons (Fsp3) is 0.250. The number of hydrogen-bond donors (Lipinski definition) is 0. The summed E-state index contributed by atoms with van der Waals surface area (Å²) in [5.41, 5.74) is 14.1. The SMILES string of the molecule is CC(C)c1cc(-c2cc[c]([Ge]([CH3])([CH3])[CH3])cc2)cc(C(C)C)c1-n1c(-c2[c-]ccc3c2oc2cc(C#N)cc(F)c23)nc2ccccc21.[CH2-]c1cc(F)cc2c1-c1c(ccc[n+]1[CH2-])C(C)(C)C2(C)C.[Ir+3]. The molecule has 0 fully saturated rings. The fourth-order valence-electron chi connectivity index (χ4n) is 10.1. The molecule has 0 amide bonds. The van der Waals surface area contributed by atoms with Crippen LogP contribution in [0.1, 0.15) is 101 Å². The maximum Gasteiger partial charge on any atom is 3.00 e. The first kappa shape index (κ1) is 49.4.